The average molecular weight is 282 g/mol. The standard InChI is InChI=1S/C11H18N6O3/c1-2-20-6-10-15-7(12)3-11(16-10)17(4-8(13)18)5-9(14)19/h3H,2,4-6H2,1H3,(H2,13,18)(H2,14,19)(H2,12,15,16). The van der Waals surface area contributed by atoms with Crippen molar-refractivity contribution in [1.29, 1.82) is 0 Å². The van der Waals surface area contributed by atoms with Gasteiger partial charge in [0.25, 0.3) is 0 Å². The van der Waals surface area contributed by atoms with Crippen LogP contribution in [-0.2, 0) is 20.9 Å². The number of nitrogen functional groups attached to an aromatic ring is 1. The lowest BCUT2D eigenvalue weighted by atomic mass is 10.4. The van der Waals surface area contributed by atoms with Gasteiger partial charge in [-0.25, -0.2) is 9.97 Å². The highest BCUT2D eigenvalue weighted by Crippen LogP contribution is 2.14. The van der Waals surface area contributed by atoms with E-state index in [0.717, 1.165) is 0 Å². The molecule has 0 aliphatic carbocycles. The van der Waals surface area contributed by atoms with Crippen molar-refractivity contribution >= 4 is 23.5 Å². The van der Waals surface area contributed by atoms with Gasteiger partial charge in [0.1, 0.15) is 18.2 Å². The first-order valence-corrected chi connectivity index (χ1v) is 5.95. The Morgan fingerprint density at radius 3 is 2.35 bits per heavy atom. The van der Waals surface area contributed by atoms with Gasteiger partial charge >= 0.3 is 0 Å². The molecule has 1 aromatic heterocycles. The third-order valence-corrected chi connectivity index (χ3v) is 2.23. The van der Waals surface area contributed by atoms with Crippen molar-refractivity contribution < 1.29 is 14.3 Å². The smallest absolute Gasteiger partial charge is 0.237 e. The first kappa shape index (κ1) is 15.6. The number of ether oxygens (including phenoxy) is 1. The summed E-state index contributed by atoms with van der Waals surface area (Å²) in [6.07, 6.45) is 0. The summed E-state index contributed by atoms with van der Waals surface area (Å²) in [5.41, 5.74) is 15.9. The third kappa shape index (κ3) is 5.06. The fraction of sp³-hybridized carbons (Fsp3) is 0.455. The second kappa shape index (κ2) is 7.24. The minimum Gasteiger partial charge on any atom is -0.384 e. The quantitative estimate of drug-likeness (QED) is 0.518. The van der Waals surface area contributed by atoms with E-state index in [1.165, 1.54) is 11.0 Å². The number of amides is 2. The lowest BCUT2D eigenvalue weighted by molar-refractivity contribution is -0.117. The molecule has 1 aromatic rings. The molecular weight excluding hydrogens is 264 g/mol. The Balaban J connectivity index is 3.01. The summed E-state index contributed by atoms with van der Waals surface area (Å²) >= 11 is 0. The van der Waals surface area contributed by atoms with Crippen molar-refractivity contribution in [2.24, 2.45) is 11.5 Å². The molecule has 0 aromatic carbocycles. The molecule has 0 aliphatic heterocycles. The molecule has 9 nitrogen and oxygen atoms in total. The monoisotopic (exact) mass is 282 g/mol. The molecule has 0 unspecified atom stereocenters. The number of primary amides is 2. The minimum absolute atomic E-state index is 0.176. The second-order valence-electron chi connectivity index (χ2n) is 3.99. The fourth-order valence-corrected chi connectivity index (χ4v) is 1.52. The van der Waals surface area contributed by atoms with Crippen molar-refractivity contribution in [3.63, 3.8) is 0 Å². The van der Waals surface area contributed by atoms with Crippen LogP contribution in [0, 0.1) is 0 Å². The van der Waals surface area contributed by atoms with E-state index in [1.54, 1.807) is 0 Å². The van der Waals surface area contributed by atoms with Crippen LogP contribution < -0.4 is 22.1 Å². The van der Waals surface area contributed by atoms with Gasteiger partial charge < -0.3 is 26.8 Å². The van der Waals surface area contributed by atoms with Gasteiger partial charge in [0.2, 0.25) is 11.8 Å². The average Bonchev–Trinajstić information content (AvgIpc) is 2.33. The summed E-state index contributed by atoms with van der Waals surface area (Å²) in [5, 5.41) is 0. The number of rotatable bonds is 8. The van der Waals surface area contributed by atoms with Crippen LogP contribution in [0.3, 0.4) is 0 Å². The normalized spacial score (nSPS) is 10.2. The number of aromatic nitrogens is 2. The first-order valence-electron chi connectivity index (χ1n) is 5.95. The lowest BCUT2D eigenvalue weighted by Crippen LogP contribution is -2.40. The van der Waals surface area contributed by atoms with E-state index in [2.05, 4.69) is 9.97 Å². The minimum atomic E-state index is -0.616. The lowest BCUT2D eigenvalue weighted by Gasteiger charge is -2.21. The van der Waals surface area contributed by atoms with Crippen LogP contribution in [0.5, 0.6) is 0 Å². The van der Waals surface area contributed by atoms with E-state index < -0.39 is 11.8 Å². The number of carbonyl (C=O) groups excluding carboxylic acids is 2. The zero-order valence-corrected chi connectivity index (χ0v) is 11.2. The summed E-state index contributed by atoms with van der Waals surface area (Å²) < 4.78 is 5.19. The number of nitrogens with two attached hydrogens (primary N) is 3. The summed E-state index contributed by atoms with van der Waals surface area (Å²) in [5.74, 6) is -0.390. The first-order chi connectivity index (χ1) is 9.42. The van der Waals surface area contributed by atoms with E-state index in [4.69, 9.17) is 21.9 Å². The number of anilines is 2. The number of nitrogens with zero attached hydrogens (tertiary/aromatic N) is 3. The van der Waals surface area contributed by atoms with Crippen LogP contribution in [0.1, 0.15) is 12.7 Å². The van der Waals surface area contributed by atoms with E-state index in [9.17, 15) is 9.59 Å². The Kier molecular flexibility index (Phi) is 5.66. The van der Waals surface area contributed by atoms with Gasteiger partial charge in [0.05, 0.1) is 13.1 Å². The summed E-state index contributed by atoms with van der Waals surface area (Å²) in [6.45, 7) is 2.11. The molecule has 0 saturated heterocycles. The van der Waals surface area contributed by atoms with Crippen LogP contribution in [-0.4, -0.2) is 41.5 Å². The van der Waals surface area contributed by atoms with Crippen LogP contribution in [0.25, 0.3) is 0 Å². The molecule has 20 heavy (non-hydrogen) atoms. The fourth-order valence-electron chi connectivity index (χ4n) is 1.52. The summed E-state index contributed by atoms with van der Waals surface area (Å²) in [6, 6.07) is 1.43. The van der Waals surface area contributed by atoms with Gasteiger partial charge in [-0.2, -0.15) is 0 Å². The Labute approximate surface area is 116 Å². The Bertz CT molecular complexity index is 477. The van der Waals surface area contributed by atoms with Gasteiger partial charge in [-0.15, -0.1) is 0 Å². The molecule has 0 fully saturated rings. The molecule has 0 aliphatic rings. The van der Waals surface area contributed by atoms with Crippen molar-refractivity contribution in [2.75, 3.05) is 30.3 Å². The third-order valence-electron chi connectivity index (χ3n) is 2.23. The van der Waals surface area contributed by atoms with Gasteiger partial charge in [-0.1, -0.05) is 0 Å². The molecule has 0 radical (unpaired) electrons. The Hall–Kier alpha value is -2.42. The van der Waals surface area contributed by atoms with Crippen LogP contribution in [0.15, 0.2) is 6.07 Å². The number of carbonyl (C=O) groups is 2. The predicted octanol–water partition coefficient (Wildman–Crippen LogP) is -1.63. The number of hydrogen-bond donors (Lipinski definition) is 3. The van der Waals surface area contributed by atoms with Gasteiger partial charge in [0.15, 0.2) is 5.82 Å². The predicted molar refractivity (Wildman–Crippen MR) is 72.4 cm³/mol. The van der Waals surface area contributed by atoms with E-state index in [1.807, 2.05) is 6.92 Å². The molecule has 0 bridgehead atoms. The van der Waals surface area contributed by atoms with Crippen molar-refractivity contribution in [3.8, 4) is 0 Å². The van der Waals surface area contributed by atoms with Crippen LogP contribution in [0.2, 0.25) is 0 Å². The molecule has 0 spiro atoms. The van der Waals surface area contributed by atoms with Gasteiger partial charge in [0, 0.05) is 12.7 Å². The van der Waals surface area contributed by atoms with Gasteiger partial charge in [-0.3, -0.25) is 9.59 Å². The van der Waals surface area contributed by atoms with Crippen molar-refractivity contribution in [3.05, 3.63) is 11.9 Å². The molecular formula is C11H18N6O3. The van der Waals surface area contributed by atoms with E-state index in [-0.39, 0.29) is 25.5 Å². The van der Waals surface area contributed by atoms with Crippen LogP contribution >= 0.6 is 0 Å². The second-order valence-corrected chi connectivity index (χ2v) is 3.99. The zero-order valence-electron chi connectivity index (χ0n) is 11.2. The van der Waals surface area contributed by atoms with Crippen molar-refractivity contribution in [2.45, 2.75) is 13.5 Å². The molecule has 1 rings (SSSR count). The molecule has 6 N–H and O–H groups in total. The molecule has 1 heterocycles. The molecule has 0 saturated carbocycles. The Morgan fingerprint density at radius 2 is 1.85 bits per heavy atom. The largest absolute Gasteiger partial charge is 0.384 e. The zero-order chi connectivity index (χ0) is 15.1. The topological polar surface area (TPSA) is 150 Å². The van der Waals surface area contributed by atoms with Crippen LogP contribution in [0.4, 0.5) is 11.6 Å². The summed E-state index contributed by atoms with van der Waals surface area (Å²) in [4.78, 5) is 31.6. The molecule has 0 atom stereocenters. The molecule has 110 valence electrons. The number of hydrogen-bond acceptors (Lipinski definition) is 7. The van der Waals surface area contributed by atoms with Crippen molar-refractivity contribution in [1.82, 2.24) is 9.97 Å². The van der Waals surface area contributed by atoms with E-state index >= 15 is 0 Å². The summed E-state index contributed by atoms with van der Waals surface area (Å²) in [7, 11) is 0. The van der Waals surface area contributed by atoms with E-state index in [0.29, 0.717) is 18.2 Å². The SMILES string of the molecule is CCOCc1nc(N)cc(N(CC(N)=O)CC(N)=O)n1. The molecule has 9 heteroatoms. The maximum absolute atomic E-state index is 11.0. The maximum atomic E-state index is 11.0. The highest BCUT2D eigenvalue weighted by molar-refractivity contribution is 5.84. The maximum Gasteiger partial charge on any atom is 0.237 e. The van der Waals surface area contributed by atoms with Gasteiger partial charge in [-0.05, 0) is 6.92 Å². The molecule has 2 amide bonds. The highest BCUT2D eigenvalue weighted by atomic mass is 16.5. The Morgan fingerprint density at radius 1 is 1.25 bits per heavy atom. The highest BCUT2D eigenvalue weighted by Gasteiger charge is 2.15.